The van der Waals surface area contributed by atoms with E-state index in [-0.39, 0.29) is 23.9 Å². The molecule has 1 amide bonds. The zero-order chi connectivity index (χ0) is 14.8. The fourth-order valence-electron chi connectivity index (χ4n) is 2.43. The molecule has 2 heterocycles. The lowest BCUT2D eigenvalue weighted by Crippen LogP contribution is -2.34. The molecular formula is C15H18N4O2. The molecule has 2 aromatic rings. The molecule has 6 nitrogen and oxygen atoms in total. The number of imidazole rings is 1. The van der Waals surface area contributed by atoms with E-state index in [2.05, 4.69) is 10.3 Å². The highest BCUT2D eigenvalue weighted by Gasteiger charge is 2.35. The predicted molar refractivity (Wildman–Crippen MR) is 77.5 cm³/mol. The molecule has 6 heteroatoms. The van der Waals surface area contributed by atoms with Crippen LogP contribution in [0, 0.1) is 5.92 Å². The molecule has 1 aliphatic rings. The predicted octanol–water partition coefficient (Wildman–Crippen LogP) is 0.849. The summed E-state index contributed by atoms with van der Waals surface area (Å²) in [6, 6.07) is 2.87. The summed E-state index contributed by atoms with van der Waals surface area (Å²) in [7, 11) is 1.94. The summed E-state index contributed by atoms with van der Waals surface area (Å²) in [5, 5.41) is 3.06. The minimum atomic E-state index is -0.0708. The first-order chi connectivity index (χ1) is 10.1. The normalized spacial score (nSPS) is 15.7. The van der Waals surface area contributed by atoms with Crippen LogP contribution in [0.5, 0.6) is 0 Å². The quantitative estimate of drug-likeness (QED) is 0.886. The smallest absolute Gasteiger partial charge is 0.240 e. The number of nitrogens with one attached hydrogen (secondary N) is 1. The van der Waals surface area contributed by atoms with Crippen molar-refractivity contribution in [3.8, 4) is 0 Å². The maximum atomic E-state index is 12.2. The van der Waals surface area contributed by atoms with E-state index in [0.717, 1.165) is 18.7 Å². The number of aromatic nitrogens is 3. The molecule has 1 fully saturated rings. The van der Waals surface area contributed by atoms with Gasteiger partial charge in [0.15, 0.2) is 5.43 Å². The third-order valence-electron chi connectivity index (χ3n) is 3.73. The number of pyridine rings is 1. The molecule has 110 valence electrons. The van der Waals surface area contributed by atoms with Crippen LogP contribution in [-0.4, -0.2) is 20.0 Å². The highest BCUT2D eigenvalue weighted by atomic mass is 16.2. The summed E-state index contributed by atoms with van der Waals surface area (Å²) in [4.78, 5) is 27.6. The van der Waals surface area contributed by atoms with Gasteiger partial charge in [0.1, 0.15) is 12.4 Å². The number of carbonyl (C=O) groups is 1. The third kappa shape index (κ3) is 3.21. The number of hydrogen-bond donors (Lipinski definition) is 1. The summed E-state index contributed by atoms with van der Waals surface area (Å²) in [6.45, 7) is 0.202. The van der Waals surface area contributed by atoms with E-state index in [9.17, 15) is 9.59 Å². The maximum Gasteiger partial charge on any atom is 0.240 e. The zero-order valence-electron chi connectivity index (χ0n) is 11.9. The third-order valence-corrected chi connectivity index (χ3v) is 3.73. The number of amides is 1. The van der Waals surface area contributed by atoms with Gasteiger partial charge >= 0.3 is 0 Å². The second-order valence-electron chi connectivity index (χ2n) is 5.49. The van der Waals surface area contributed by atoms with Crippen LogP contribution in [0.2, 0.25) is 0 Å². The molecule has 21 heavy (non-hydrogen) atoms. The van der Waals surface area contributed by atoms with Crippen molar-refractivity contribution >= 4 is 5.91 Å². The molecule has 1 saturated carbocycles. The highest BCUT2D eigenvalue weighted by Crippen LogP contribution is 2.40. The van der Waals surface area contributed by atoms with Gasteiger partial charge < -0.3 is 14.5 Å². The Morgan fingerprint density at radius 3 is 2.67 bits per heavy atom. The minimum absolute atomic E-state index is 0.0307. The van der Waals surface area contributed by atoms with E-state index in [0.29, 0.717) is 5.92 Å². The van der Waals surface area contributed by atoms with Crippen molar-refractivity contribution in [3.05, 3.63) is 53.0 Å². The first-order valence-electron chi connectivity index (χ1n) is 7.06. The van der Waals surface area contributed by atoms with Crippen molar-refractivity contribution in [1.82, 2.24) is 19.4 Å². The second kappa shape index (κ2) is 5.55. The van der Waals surface area contributed by atoms with Crippen molar-refractivity contribution in [2.24, 2.45) is 13.0 Å². The zero-order valence-corrected chi connectivity index (χ0v) is 11.9. The van der Waals surface area contributed by atoms with Gasteiger partial charge in [-0.2, -0.15) is 0 Å². The molecule has 0 aromatic carbocycles. The molecule has 1 aliphatic carbocycles. The van der Waals surface area contributed by atoms with Gasteiger partial charge in [0.25, 0.3) is 0 Å². The molecule has 2 aromatic heterocycles. The highest BCUT2D eigenvalue weighted by molar-refractivity contribution is 5.76. The van der Waals surface area contributed by atoms with Crippen LogP contribution in [0.3, 0.4) is 0 Å². The van der Waals surface area contributed by atoms with Gasteiger partial charge in [0.05, 0.1) is 6.04 Å². The molecule has 1 N–H and O–H groups in total. The lowest BCUT2D eigenvalue weighted by Gasteiger charge is -2.18. The monoisotopic (exact) mass is 286 g/mol. The van der Waals surface area contributed by atoms with Crippen LogP contribution in [0.4, 0.5) is 0 Å². The molecule has 0 radical (unpaired) electrons. The van der Waals surface area contributed by atoms with E-state index in [1.165, 1.54) is 12.1 Å². The lowest BCUT2D eigenvalue weighted by atomic mass is 10.1. The van der Waals surface area contributed by atoms with Crippen LogP contribution in [0.15, 0.2) is 41.7 Å². The number of hydrogen-bond acceptors (Lipinski definition) is 3. The topological polar surface area (TPSA) is 68.9 Å². The van der Waals surface area contributed by atoms with E-state index < -0.39 is 0 Å². The summed E-state index contributed by atoms with van der Waals surface area (Å²) < 4.78 is 3.64. The van der Waals surface area contributed by atoms with Gasteiger partial charge in [-0.1, -0.05) is 0 Å². The Labute approximate surface area is 122 Å². The van der Waals surface area contributed by atoms with Crippen molar-refractivity contribution in [2.75, 3.05) is 0 Å². The number of aryl methyl sites for hydroxylation is 1. The number of nitrogens with zero attached hydrogens (tertiary/aromatic N) is 3. The first-order valence-corrected chi connectivity index (χ1v) is 7.06. The first kappa shape index (κ1) is 13.6. The minimum Gasteiger partial charge on any atom is -0.345 e. The number of rotatable bonds is 5. The molecule has 1 unspecified atom stereocenters. The summed E-state index contributed by atoms with van der Waals surface area (Å²) >= 11 is 0. The molecular weight excluding hydrogens is 268 g/mol. The molecule has 3 rings (SSSR count). The largest absolute Gasteiger partial charge is 0.345 e. The van der Waals surface area contributed by atoms with Gasteiger partial charge in [-0.15, -0.1) is 0 Å². The Hall–Kier alpha value is -2.37. The Morgan fingerprint density at radius 2 is 2.10 bits per heavy atom. The summed E-state index contributed by atoms with van der Waals surface area (Å²) in [6.07, 6.45) is 9.12. The average molecular weight is 286 g/mol. The number of carbonyl (C=O) groups excluding carboxylic acids is 1. The van der Waals surface area contributed by atoms with E-state index in [1.54, 1.807) is 23.2 Å². The van der Waals surface area contributed by atoms with Gasteiger partial charge in [-0.05, 0) is 18.8 Å². The average Bonchev–Trinajstić information content (AvgIpc) is 3.21. The Balaban J connectivity index is 1.68. The SMILES string of the molecule is Cn1ccnc1C(NC(=O)Cn1ccc(=O)cc1)C1CC1. The van der Waals surface area contributed by atoms with Crippen LogP contribution in [0.25, 0.3) is 0 Å². The Bertz CT molecular complexity index is 679. The molecule has 1 atom stereocenters. The van der Waals surface area contributed by atoms with Crippen molar-refractivity contribution < 1.29 is 4.79 Å². The van der Waals surface area contributed by atoms with E-state index in [4.69, 9.17) is 0 Å². The fourth-order valence-corrected chi connectivity index (χ4v) is 2.43. The Morgan fingerprint density at radius 1 is 1.38 bits per heavy atom. The van der Waals surface area contributed by atoms with Crippen molar-refractivity contribution in [1.29, 1.82) is 0 Å². The standard InChI is InChI=1S/C15H18N4O2/c1-18-9-6-16-15(18)14(11-2-3-11)17-13(21)10-19-7-4-12(20)5-8-19/h4-9,11,14H,2-3,10H2,1H3,(H,17,21). The molecule has 0 aliphatic heterocycles. The van der Waals surface area contributed by atoms with Gasteiger partial charge in [-0.3, -0.25) is 9.59 Å². The molecule has 0 spiro atoms. The van der Waals surface area contributed by atoms with E-state index >= 15 is 0 Å². The second-order valence-corrected chi connectivity index (χ2v) is 5.49. The Kier molecular flexibility index (Phi) is 3.60. The van der Waals surface area contributed by atoms with Crippen molar-refractivity contribution in [3.63, 3.8) is 0 Å². The lowest BCUT2D eigenvalue weighted by molar-refractivity contribution is -0.122. The summed E-state index contributed by atoms with van der Waals surface area (Å²) in [5.41, 5.74) is -0.0597. The molecule has 0 bridgehead atoms. The van der Waals surface area contributed by atoms with Gasteiger partial charge in [0, 0.05) is 44.0 Å². The van der Waals surface area contributed by atoms with Crippen LogP contribution < -0.4 is 10.7 Å². The van der Waals surface area contributed by atoms with Crippen LogP contribution >= 0.6 is 0 Å². The van der Waals surface area contributed by atoms with Gasteiger partial charge in [0.2, 0.25) is 5.91 Å². The maximum absolute atomic E-state index is 12.2. The van der Waals surface area contributed by atoms with Gasteiger partial charge in [-0.25, -0.2) is 4.98 Å². The summed E-state index contributed by atoms with van der Waals surface area (Å²) in [5.74, 6) is 1.30. The molecule has 0 saturated heterocycles. The van der Waals surface area contributed by atoms with E-state index in [1.807, 2.05) is 17.8 Å². The fraction of sp³-hybridized carbons (Fsp3) is 0.400. The van der Waals surface area contributed by atoms with Crippen LogP contribution in [-0.2, 0) is 18.4 Å². The van der Waals surface area contributed by atoms with Crippen LogP contribution in [0.1, 0.15) is 24.7 Å². The van der Waals surface area contributed by atoms with Crippen molar-refractivity contribution in [2.45, 2.75) is 25.4 Å².